The summed E-state index contributed by atoms with van der Waals surface area (Å²) in [4.78, 5) is 10.8. The van der Waals surface area contributed by atoms with Gasteiger partial charge in [-0.3, -0.25) is 0 Å². The van der Waals surface area contributed by atoms with Crippen LogP contribution in [-0.4, -0.2) is 29.8 Å². The Kier molecular flexibility index (Phi) is 3.92. The zero-order valence-electron chi connectivity index (χ0n) is 10.2. The molecule has 0 aliphatic carbocycles. The standard InChI is InChI=1S/C13H16BrNO3/c1-13(5-2-6-18-13)8-15-11-4-3-9(12(16)17)7-10(11)14/h3-4,7,15H,2,5-6,8H2,1H3,(H,16,17). The number of halogens is 1. The SMILES string of the molecule is CC1(CNc2ccc(C(=O)O)cc2Br)CCCO1. The summed E-state index contributed by atoms with van der Waals surface area (Å²) in [6, 6.07) is 4.96. The second-order valence-electron chi connectivity index (χ2n) is 4.76. The number of ether oxygens (including phenoxy) is 1. The highest BCUT2D eigenvalue weighted by Gasteiger charge is 2.29. The topological polar surface area (TPSA) is 58.6 Å². The molecule has 0 amide bonds. The van der Waals surface area contributed by atoms with Crippen LogP contribution in [0.3, 0.4) is 0 Å². The van der Waals surface area contributed by atoms with Crippen molar-refractivity contribution in [3.63, 3.8) is 0 Å². The molecule has 1 heterocycles. The van der Waals surface area contributed by atoms with E-state index in [1.807, 2.05) is 0 Å². The lowest BCUT2D eigenvalue weighted by atomic mass is 10.0. The van der Waals surface area contributed by atoms with Crippen LogP contribution in [0.1, 0.15) is 30.1 Å². The molecule has 4 nitrogen and oxygen atoms in total. The van der Waals surface area contributed by atoms with Crippen LogP contribution < -0.4 is 5.32 Å². The molecule has 1 atom stereocenters. The predicted octanol–water partition coefficient (Wildman–Crippen LogP) is 3.13. The second kappa shape index (κ2) is 5.28. The highest BCUT2D eigenvalue weighted by Crippen LogP contribution is 2.28. The number of rotatable bonds is 4. The molecular formula is C13H16BrNO3. The molecule has 1 aliphatic heterocycles. The molecule has 0 spiro atoms. The van der Waals surface area contributed by atoms with Crippen molar-refractivity contribution < 1.29 is 14.6 Å². The van der Waals surface area contributed by atoms with Gasteiger partial charge >= 0.3 is 5.97 Å². The van der Waals surface area contributed by atoms with Gasteiger partial charge in [-0.2, -0.15) is 0 Å². The lowest BCUT2D eigenvalue weighted by Gasteiger charge is -2.24. The van der Waals surface area contributed by atoms with Crippen LogP contribution in [0.4, 0.5) is 5.69 Å². The van der Waals surface area contributed by atoms with E-state index in [1.165, 1.54) is 0 Å². The maximum Gasteiger partial charge on any atom is 0.335 e. The molecule has 2 rings (SSSR count). The van der Waals surface area contributed by atoms with E-state index in [2.05, 4.69) is 28.2 Å². The Morgan fingerprint density at radius 1 is 1.61 bits per heavy atom. The van der Waals surface area contributed by atoms with Crippen LogP contribution in [-0.2, 0) is 4.74 Å². The first-order chi connectivity index (χ1) is 8.50. The van der Waals surface area contributed by atoms with E-state index in [-0.39, 0.29) is 11.2 Å². The van der Waals surface area contributed by atoms with Crippen molar-refractivity contribution in [2.24, 2.45) is 0 Å². The van der Waals surface area contributed by atoms with Gasteiger partial charge in [0, 0.05) is 23.3 Å². The van der Waals surface area contributed by atoms with Crippen LogP contribution in [0.15, 0.2) is 22.7 Å². The van der Waals surface area contributed by atoms with E-state index < -0.39 is 5.97 Å². The van der Waals surface area contributed by atoms with E-state index >= 15 is 0 Å². The van der Waals surface area contributed by atoms with E-state index in [0.29, 0.717) is 0 Å². The summed E-state index contributed by atoms with van der Waals surface area (Å²) in [5.74, 6) is -0.923. The van der Waals surface area contributed by atoms with Gasteiger partial charge in [0.25, 0.3) is 0 Å². The molecule has 0 radical (unpaired) electrons. The Morgan fingerprint density at radius 2 is 2.39 bits per heavy atom. The van der Waals surface area contributed by atoms with Crippen molar-refractivity contribution in [3.05, 3.63) is 28.2 Å². The minimum Gasteiger partial charge on any atom is -0.478 e. The maximum atomic E-state index is 10.8. The summed E-state index contributed by atoms with van der Waals surface area (Å²) in [6.45, 7) is 3.63. The van der Waals surface area contributed by atoms with Gasteiger partial charge in [0.15, 0.2) is 0 Å². The average Bonchev–Trinajstić information content (AvgIpc) is 2.75. The number of carbonyl (C=O) groups is 1. The maximum absolute atomic E-state index is 10.8. The molecular weight excluding hydrogens is 298 g/mol. The van der Waals surface area contributed by atoms with Gasteiger partial charge < -0.3 is 15.2 Å². The van der Waals surface area contributed by atoms with Gasteiger partial charge in [-0.1, -0.05) is 0 Å². The van der Waals surface area contributed by atoms with Crippen molar-refractivity contribution in [3.8, 4) is 0 Å². The molecule has 98 valence electrons. The molecule has 1 fully saturated rings. The summed E-state index contributed by atoms with van der Waals surface area (Å²) in [7, 11) is 0. The van der Waals surface area contributed by atoms with Crippen molar-refractivity contribution in [1.82, 2.24) is 0 Å². The summed E-state index contributed by atoms with van der Waals surface area (Å²) in [5, 5.41) is 12.2. The fourth-order valence-corrected chi connectivity index (χ4v) is 2.57. The fourth-order valence-electron chi connectivity index (χ4n) is 2.05. The number of carboxylic acids is 1. The smallest absolute Gasteiger partial charge is 0.335 e. The van der Waals surface area contributed by atoms with E-state index in [1.54, 1.807) is 18.2 Å². The summed E-state index contributed by atoms with van der Waals surface area (Å²) >= 11 is 3.38. The zero-order valence-corrected chi connectivity index (χ0v) is 11.8. The van der Waals surface area contributed by atoms with Crippen LogP contribution in [0.5, 0.6) is 0 Å². The van der Waals surface area contributed by atoms with Crippen molar-refractivity contribution >= 4 is 27.6 Å². The Labute approximate surface area is 114 Å². The Hall–Kier alpha value is -1.07. The number of anilines is 1. The first-order valence-electron chi connectivity index (χ1n) is 5.91. The number of nitrogens with one attached hydrogen (secondary N) is 1. The Morgan fingerprint density at radius 3 is 2.94 bits per heavy atom. The third-order valence-corrected chi connectivity index (χ3v) is 3.83. The third-order valence-electron chi connectivity index (χ3n) is 3.17. The van der Waals surface area contributed by atoms with E-state index in [4.69, 9.17) is 9.84 Å². The number of aromatic carboxylic acids is 1. The predicted molar refractivity (Wildman–Crippen MR) is 73.2 cm³/mol. The number of carboxylic acid groups (broad SMARTS) is 1. The number of hydrogen-bond acceptors (Lipinski definition) is 3. The Balaban J connectivity index is 2.03. The molecule has 2 N–H and O–H groups in total. The summed E-state index contributed by atoms with van der Waals surface area (Å²) < 4.78 is 6.45. The first-order valence-corrected chi connectivity index (χ1v) is 6.70. The van der Waals surface area contributed by atoms with Gasteiger partial charge in [0.2, 0.25) is 0 Å². The minimum atomic E-state index is -0.923. The molecule has 1 aromatic rings. The van der Waals surface area contributed by atoms with Crippen LogP contribution in [0.2, 0.25) is 0 Å². The van der Waals surface area contributed by atoms with Crippen molar-refractivity contribution in [1.29, 1.82) is 0 Å². The molecule has 1 unspecified atom stereocenters. The van der Waals surface area contributed by atoms with E-state index in [9.17, 15) is 4.79 Å². The summed E-state index contributed by atoms with van der Waals surface area (Å²) in [5.41, 5.74) is 1.04. The monoisotopic (exact) mass is 313 g/mol. The average molecular weight is 314 g/mol. The second-order valence-corrected chi connectivity index (χ2v) is 5.61. The largest absolute Gasteiger partial charge is 0.478 e. The number of benzene rings is 1. The normalized spacial score (nSPS) is 23.0. The van der Waals surface area contributed by atoms with Gasteiger partial charge in [-0.25, -0.2) is 4.79 Å². The van der Waals surface area contributed by atoms with E-state index in [0.717, 1.165) is 36.2 Å². The molecule has 0 aromatic heterocycles. The number of hydrogen-bond donors (Lipinski definition) is 2. The molecule has 0 saturated carbocycles. The van der Waals surface area contributed by atoms with Gasteiger partial charge in [-0.15, -0.1) is 0 Å². The third kappa shape index (κ3) is 3.03. The van der Waals surface area contributed by atoms with Crippen LogP contribution >= 0.6 is 15.9 Å². The summed E-state index contributed by atoms with van der Waals surface area (Å²) in [6.07, 6.45) is 2.14. The highest BCUT2D eigenvalue weighted by atomic mass is 79.9. The first kappa shape index (κ1) is 13.4. The lowest BCUT2D eigenvalue weighted by molar-refractivity contribution is 0.0315. The molecule has 1 aliphatic rings. The molecule has 5 heteroatoms. The van der Waals surface area contributed by atoms with Gasteiger partial charge in [0.05, 0.1) is 11.2 Å². The zero-order chi connectivity index (χ0) is 13.2. The van der Waals surface area contributed by atoms with Gasteiger partial charge in [0.1, 0.15) is 0 Å². The highest BCUT2D eigenvalue weighted by molar-refractivity contribution is 9.10. The lowest BCUT2D eigenvalue weighted by Crippen LogP contribution is -2.32. The fraction of sp³-hybridized carbons (Fsp3) is 0.462. The van der Waals surface area contributed by atoms with Crippen molar-refractivity contribution in [2.45, 2.75) is 25.4 Å². The van der Waals surface area contributed by atoms with Gasteiger partial charge in [-0.05, 0) is 53.9 Å². The molecule has 0 bridgehead atoms. The van der Waals surface area contributed by atoms with Crippen LogP contribution in [0, 0.1) is 0 Å². The van der Waals surface area contributed by atoms with Crippen molar-refractivity contribution in [2.75, 3.05) is 18.5 Å². The van der Waals surface area contributed by atoms with Crippen LogP contribution in [0.25, 0.3) is 0 Å². The molecule has 1 aromatic carbocycles. The minimum absolute atomic E-state index is 0.120. The molecule has 18 heavy (non-hydrogen) atoms. The quantitative estimate of drug-likeness (QED) is 0.896. The molecule has 1 saturated heterocycles. The Bertz CT molecular complexity index is 456.